The number of aliphatic hydroxyl groups excluding tert-OH is 1. The molecule has 4 N–H and O–H groups in total. The topological polar surface area (TPSA) is 71.2 Å². The number of aliphatic hydroxyl groups is 1. The van der Waals surface area contributed by atoms with Crippen LogP contribution in [-0.4, -0.2) is 22.7 Å². The Labute approximate surface area is 84.2 Å². The molecule has 1 unspecified atom stereocenters. The highest BCUT2D eigenvalue weighted by atomic mass is 16.3. The molecule has 0 bridgehead atoms. The Morgan fingerprint density at radius 3 is 2.93 bits per heavy atom. The minimum atomic E-state index is -0.325. The smallest absolute Gasteiger partial charge is 0.129 e. The number of hydrogen-bond acceptors (Lipinski definition) is 4. The Hall–Kier alpha value is -1.29. The van der Waals surface area contributed by atoms with Crippen LogP contribution in [0.1, 0.15) is 18.9 Å². The number of nitrogen functional groups attached to an aromatic ring is 1. The van der Waals surface area contributed by atoms with Gasteiger partial charge in [0.15, 0.2) is 0 Å². The number of nitrogens with zero attached hydrogens (tertiary/aromatic N) is 1. The van der Waals surface area contributed by atoms with E-state index >= 15 is 0 Å². The van der Waals surface area contributed by atoms with Gasteiger partial charge in [0.25, 0.3) is 0 Å². The molecule has 78 valence electrons. The van der Waals surface area contributed by atoms with Gasteiger partial charge in [-0.25, -0.2) is 4.98 Å². The number of anilines is 2. The van der Waals surface area contributed by atoms with E-state index in [0.717, 1.165) is 17.8 Å². The summed E-state index contributed by atoms with van der Waals surface area (Å²) in [7, 11) is 0. The van der Waals surface area contributed by atoms with Crippen LogP contribution in [-0.2, 0) is 0 Å². The van der Waals surface area contributed by atoms with Gasteiger partial charge in [0.2, 0.25) is 0 Å². The van der Waals surface area contributed by atoms with Crippen LogP contribution in [0.25, 0.3) is 0 Å². The number of aryl methyl sites for hydroxylation is 1. The molecule has 14 heavy (non-hydrogen) atoms. The molecule has 1 atom stereocenters. The molecule has 0 aliphatic rings. The van der Waals surface area contributed by atoms with Gasteiger partial charge in [-0.1, -0.05) is 6.92 Å². The summed E-state index contributed by atoms with van der Waals surface area (Å²) in [6.07, 6.45) is 2.02. The second kappa shape index (κ2) is 4.81. The minimum Gasteiger partial charge on any atom is -0.397 e. The van der Waals surface area contributed by atoms with Crippen LogP contribution in [0.3, 0.4) is 0 Å². The first-order valence-corrected chi connectivity index (χ1v) is 4.77. The Morgan fingerprint density at radius 2 is 2.36 bits per heavy atom. The van der Waals surface area contributed by atoms with Crippen molar-refractivity contribution < 1.29 is 5.11 Å². The lowest BCUT2D eigenvalue weighted by Crippen LogP contribution is -2.19. The van der Waals surface area contributed by atoms with Gasteiger partial charge >= 0.3 is 0 Å². The summed E-state index contributed by atoms with van der Waals surface area (Å²) in [5.74, 6) is 0.784. The molecule has 0 saturated carbocycles. The lowest BCUT2D eigenvalue weighted by molar-refractivity contribution is 0.183. The molecular formula is C10H17N3O. The molecule has 0 radical (unpaired) electrons. The van der Waals surface area contributed by atoms with Crippen molar-refractivity contribution in [2.75, 3.05) is 17.6 Å². The number of nitrogens with one attached hydrogen (secondary N) is 1. The van der Waals surface area contributed by atoms with Crippen molar-refractivity contribution in [2.45, 2.75) is 26.4 Å². The van der Waals surface area contributed by atoms with Crippen molar-refractivity contribution in [2.24, 2.45) is 0 Å². The third-order valence-corrected chi connectivity index (χ3v) is 2.08. The summed E-state index contributed by atoms with van der Waals surface area (Å²) >= 11 is 0. The minimum absolute atomic E-state index is 0.325. The summed E-state index contributed by atoms with van der Waals surface area (Å²) in [5, 5.41) is 12.4. The highest BCUT2D eigenvalue weighted by Crippen LogP contribution is 2.13. The summed E-state index contributed by atoms with van der Waals surface area (Å²) in [5.41, 5.74) is 7.22. The average molecular weight is 195 g/mol. The number of nitrogens with two attached hydrogens (primary N) is 1. The van der Waals surface area contributed by atoms with Crippen LogP contribution in [0.5, 0.6) is 0 Å². The van der Waals surface area contributed by atoms with Gasteiger partial charge in [-0.3, -0.25) is 0 Å². The molecular weight excluding hydrogens is 178 g/mol. The molecule has 1 aromatic heterocycles. The quantitative estimate of drug-likeness (QED) is 0.674. The molecule has 0 aromatic carbocycles. The lowest BCUT2D eigenvalue weighted by Gasteiger charge is -2.11. The normalized spacial score (nSPS) is 12.5. The summed E-state index contributed by atoms with van der Waals surface area (Å²) in [6.45, 7) is 4.40. The highest BCUT2D eigenvalue weighted by molar-refractivity contribution is 5.50. The van der Waals surface area contributed by atoms with E-state index in [1.165, 1.54) is 0 Å². The molecule has 1 rings (SSSR count). The molecule has 1 aromatic rings. The van der Waals surface area contributed by atoms with Gasteiger partial charge in [-0.05, 0) is 25.0 Å². The molecule has 0 aliphatic carbocycles. The maximum absolute atomic E-state index is 9.35. The lowest BCUT2D eigenvalue weighted by atomic mass is 10.2. The standard InChI is InChI=1S/C10H17N3O/c1-3-9(14)6-13-10-7(2)4-8(11)5-12-10/h4-5,9,14H,3,6,11H2,1-2H3,(H,12,13). The first-order chi connectivity index (χ1) is 6.63. The molecule has 4 heteroatoms. The monoisotopic (exact) mass is 195 g/mol. The fourth-order valence-electron chi connectivity index (χ4n) is 1.14. The van der Waals surface area contributed by atoms with E-state index in [0.29, 0.717) is 12.2 Å². The van der Waals surface area contributed by atoms with Gasteiger partial charge in [-0.2, -0.15) is 0 Å². The Bertz CT molecular complexity index is 301. The SMILES string of the molecule is CCC(O)CNc1ncc(N)cc1C. The highest BCUT2D eigenvalue weighted by Gasteiger charge is 2.03. The van der Waals surface area contributed by atoms with Crippen molar-refractivity contribution in [3.8, 4) is 0 Å². The largest absolute Gasteiger partial charge is 0.397 e. The average Bonchev–Trinajstić information content (AvgIpc) is 2.16. The third kappa shape index (κ3) is 2.88. The van der Waals surface area contributed by atoms with Crippen LogP contribution >= 0.6 is 0 Å². The first kappa shape index (κ1) is 10.8. The van der Waals surface area contributed by atoms with E-state index < -0.39 is 0 Å². The zero-order valence-electron chi connectivity index (χ0n) is 8.62. The van der Waals surface area contributed by atoms with Gasteiger partial charge in [0, 0.05) is 6.54 Å². The van der Waals surface area contributed by atoms with E-state index in [1.807, 2.05) is 19.9 Å². The van der Waals surface area contributed by atoms with Crippen molar-refractivity contribution in [3.05, 3.63) is 17.8 Å². The zero-order chi connectivity index (χ0) is 10.6. The predicted molar refractivity (Wildman–Crippen MR) is 58.2 cm³/mol. The third-order valence-electron chi connectivity index (χ3n) is 2.08. The molecule has 0 spiro atoms. The Morgan fingerprint density at radius 1 is 1.64 bits per heavy atom. The van der Waals surface area contributed by atoms with Crippen molar-refractivity contribution in [1.29, 1.82) is 0 Å². The summed E-state index contributed by atoms with van der Waals surface area (Å²) < 4.78 is 0. The fraction of sp³-hybridized carbons (Fsp3) is 0.500. The Balaban J connectivity index is 2.59. The van der Waals surface area contributed by atoms with E-state index in [9.17, 15) is 5.11 Å². The first-order valence-electron chi connectivity index (χ1n) is 4.77. The van der Waals surface area contributed by atoms with E-state index in [4.69, 9.17) is 5.73 Å². The van der Waals surface area contributed by atoms with Gasteiger partial charge in [0.05, 0.1) is 18.0 Å². The molecule has 1 heterocycles. The number of rotatable bonds is 4. The zero-order valence-corrected chi connectivity index (χ0v) is 8.62. The van der Waals surface area contributed by atoms with Gasteiger partial charge in [0.1, 0.15) is 5.82 Å². The maximum Gasteiger partial charge on any atom is 0.129 e. The van der Waals surface area contributed by atoms with E-state index in [2.05, 4.69) is 10.3 Å². The van der Waals surface area contributed by atoms with Crippen molar-refractivity contribution in [1.82, 2.24) is 4.98 Å². The number of hydrogen-bond donors (Lipinski definition) is 3. The van der Waals surface area contributed by atoms with Gasteiger partial charge < -0.3 is 16.2 Å². The van der Waals surface area contributed by atoms with Gasteiger partial charge in [-0.15, -0.1) is 0 Å². The van der Waals surface area contributed by atoms with Crippen molar-refractivity contribution >= 4 is 11.5 Å². The second-order valence-corrected chi connectivity index (χ2v) is 3.38. The van der Waals surface area contributed by atoms with Crippen molar-refractivity contribution in [3.63, 3.8) is 0 Å². The van der Waals surface area contributed by atoms with E-state index in [1.54, 1.807) is 6.20 Å². The van der Waals surface area contributed by atoms with Crippen LogP contribution in [0, 0.1) is 6.92 Å². The molecule has 0 amide bonds. The molecule has 4 nitrogen and oxygen atoms in total. The van der Waals surface area contributed by atoms with E-state index in [-0.39, 0.29) is 6.10 Å². The van der Waals surface area contributed by atoms with Crippen LogP contribution < -0.4 is 11.1 Å². The molecule has 0 aliphatic heterocycles. The Kier molecular flexibility index (Phi) is 3.71. The van der Waals surface area contributed by atoms with Crippen LogP contribution in [0.4, 0.5) is 11.5 Å². The molecule has 0 fully saturated rings. The second-order valence-electron chi connectivity index (χ2n) is 3.38. The van der Waals surface area contributed by atoms with Crippen LogP contribution in [0.15, 0.2) is 12.3 Å². The fourth-order valence-corrected chi connectivity index (χ4v) is 1.14. The number of pyridine rings is 1. The number of aromatic nitrogens is 1. The molecule has 0 saturated heterocycles. The summed E-state index contributed by atoms with van der Waals surface area (Å²) in [4.78, 5) is 4.14. The summed E-state index contributed by atoms with van der Waals surface area (Å²) in [6, 6.07) is 1.85. The van der Waals surface area contributed by atoms with Crippen LogP contribution in [0.2, 0.25) is 0 Å². The predicted octanol–water partition coefficient (Wildman–Crippen LogP) is 1.16. The maximum atomic E-state index is 9.35.